The zero-order valence-corrected chi connectivity index (χ0v) is 11.3. The minimum atomic E-state index is -1.29. The second kappa shape index (κ2) is 5.74. The van der Waals surface area contributed by atoms with Crippen LogP contribution in [0.3, 0.4) is 0 Å². The van der Waals surface area contributed by atoms with E-state index in [9.17, 15) is 9.18 Å². The van der Waals surface area contributed by atoms with E-state index in [0.29, 0.717) is 12.4 Å². The van der Waals surface area contributed by atoms with Gasteiger partial charge in [0.05, 0.1) is 5.56 Å². The molecule has 0 unspecified atom stereocenters. The Morgan fingerprint density at radius 2 is 1.85 bits per heavy atom. The van der Waals surface area contributed by atoms with Gasteiger partial charge in [-0.3, -0.25) is 0 Å². The van der Waals surface area contributed by atoms with Crippen LogP contribution in [0.15, 0.2) is 36.4 Å². The van der Waals surface area contributed by atoms with Crippen molar-refractivity contribution in [1.82, 2.24) is 0 Å². The largest absolute Gasteiger partial charge is 0.489 e. The fourth-order valence-electron chi connectivity index (χ4n) is 1.99. The minimum absolute atomic E-state index is 0.315. The van der Waals surface area contributed by atoms with Crippen LogP contribution in [0.2, 0.25) is 0 Å². The lowest BCUT2D eigenvalue weighted by Gasteiger charge is -2.11. The molecule has 3 nitrogen and oxygen atoms in total. The highest BCUT2D eigenvalue weighted by atomic mass is 19.1. The molecule has 0 aliphatic carbocycles. The van der Waals surface area contributed by atoms with E-state index in [4.69, 9.17) is 9.84 Å². The van der Waals surface area contributed by atoms with Crippen molar-refractivity contribution in [2.24, 2.45) is 0 Å². The Morgan fingerprint density at radius 1 is 1.20 bits per heavy atom. The lowest BCUT2D eigenvalue weighted by atomic mass is 10.0. The van der Waals surface area contributed by atoms with Crippen molar-refractivity contribution in [1.29, 1.82) is 0 Å². The molecular formula is C16H15FO3. The lowest BCUT2D eigenvalue weighted by Crippen LogP contribution is -2.03. The molecule has 0 saturated heterocycles. The highest BCUT2D eigenvalue weighted by Gasteiger charge is 2.11. The molecule has 0 bridgehead atoms. The van der Waals surface area contributed by atoms with Crippen LogP contribution >= 0.6 is 0 Å². The molecule has 1 N–H and O–H groups in total. The predicted molar refractivity (Wildman–Crippen MR) is 73.6 cm³/mol. The number of carbonyl (C=O) groups is 1. The molecule has 0 saturated carbocycles. The van der Waals surface area contributed by atoms with E-state index in [1.165, 1.54) is 12.1 Å². The quantitative estimate of drug-likeness (QED) is 0.924. The summed E-state index contributed by atoms with van der Waals surface area (Å²) in [6.07, 6.45) is 0. The molecule has 0 radical (unpaired) electrons. The maximum absolute atomic E-state index is 13.5. The summed E-state index contributed by atoms with van der Waals surface area (Å²) in [7, 11) is 0. The average Bonchev–Trinajstić information content (AvgIpc) is 2.37. The van der Waals surface area contributed by atoms with Gasteiger partial charge in [-0.15, -0.1) is 0 Å². The van der Waals surface area contributed by atoms with E-state index in [2.05, 4.69) is 0 Å². The van der Waals surface area contributed by atoms with Crippen molar-refractivity contribution in [3.63, 3.8) is 0 Å². The van der Waals surface area contributed by atoms with Gasteiger partial charge in [-0.1, -0.05) is 18.2 Å². The first-order valence-electron chi connectivity index (χ1n) is 6.20. The molecule has 0 aliphatic rings. The number of hydrogen-bond acceptors (Lipinski definition) is 2. The standard InChI is InChI=1S/C16H15FO3/c1-10-4-3-5-11(2)14(10)9-20-12-6-7-13(16(18)19)15(17)8-12/h3-8H,9H2,1-2H3,(H,18,19). The summed E-state index contributed by atoms with van der Waals surface area (Å²) in [6.45, 7) is 4.30. The summed E-state index contributed by atoms with van der Waals surface area (Å²) in [4.78, 5) is 10.7. The molecule has 0 spiro atoms. The zero-order chi connectivity index (χ0) is 14.7. The number of halogens is 1. The Balaban J connectivity index is 2.16. The smallest absolute Gasteiger partial charge is 0.338 e. The van der Waals surface area contributed by atoms with Crippen molar-refractivity contribution in [2.45, 2.75) is 20.5 Å². The number of carboxylic acids is 1. The molecule has 2 rings (SSSR count). The molecule has 2 aromatic carbocycles. The maximum atomic E-state index is 13.5. The van der Waals surface area contributed by atoms with Gasteiger partial charge in [-0.2, -0.15) is 0 Å². The third-order valence-electron chi connectivity index (χ3n) is 3.20. The fourth-order valence-corrected chi connectivity index (χ4v) is 1.99. The predicted octanol–water partition coefficient (Wildman–Crippen LogP) is 3.72. The fraction of sp³-hybridized carbons (Fsp3) is 0.188. The molecule has 0 aliphatic heterocycles. The van der Waals surface area contributed by atoms with Gasteiger partial charge >= 0.3 is 5.97 Å². The molecule has 2 aromatic rings. The van der Waals surface area contributed by atoms with Gasteiger partial charge in [-0.25, -0.2) is 9.18 Å². The first-order valence-corrected chi connectivity index (χ1v) is 6.20. The summed E-state index contributed by atoms with van der Waals surface area (Å²) in [5, 5.41) is 8.76. The number of aryl methyl sites for hydroxylation is 2. The zero-order valence-electron chi connectivity index (χ0n) is 11.3. The van der Waals surface area contributed by atoms with E-state index in [0.717, 1.165) is 22.8 Å². The molecule has 20 heavy (non-hydrogen) atoms. The second-order valence-electron chi connectivity index (χ2n) is 4.61. The topological polar surface area (TPSA) is 46.5 Å². The molecule has 0 heterocycles. The molecule has 4 heteroatoms. The number of aromatic carboxylic acids is 1. The molecule has 0 fully saturated rings. The molecule has 0 amide bonds. The molecule has 104 valence electrons. The number of hydrogen-bond donors (Lipinski definition) is 1. The van der Waals surface area contributed by atoms with Crippen molar-refractivity contribution in [2.75, 3.05) is 0 Å². The van der Waals surface area contributed by atoms with Gasteiger partial charge in [0.2, 0.25) is 0 Å². The van der Waals surface area contributed by atoms with Gasteiger partial charge in [0.1, 0.15) is 18.2 Å². The number of rotatable bonds is 4. The number of carboxylic acid groups (broad SMARTS) is 1. The van der Waals surface area contributed by atoms with Crippen LogP contribution in [0.1, 0.15) is 27.0 Å². The Hall–Kier alpha value is -2.36. The highest BCUT2D eigenvalue weighted by Crippen LogP contribution is 2.20. The van der Waals surface area contributed by atoms with Crippen molar-refractivity contribution < 1.29 is 19.0 Å². The Bertz CT molecular complexity index is 630. The summed E-state index contributed by atoms with van der Waals surface area (Å²) >= 11 is 0. The van der Waals surface area contributed by atoms with Crippen LogP contribution in [-0.2, 0) is 6.61 Å². The van der Waals surface area contributed by atoms with Crippen LogP contribution in [0.5, 0.6) is 5.75 Å². The summed E-state index contributed by atoms with van der Waals surface area (Å²) in [6, 6.07) is 9.70. The SMILES string of the molecule is Cc1cccc(C)c1COc1ccc(C(=O)O)c(F)c1. The van der Waals surface area contributed by atoms with E-state index in [1.807, 2.05) is 32.0 Å². The van der Waals surface area contributed by atoms with Gasteiger partial charge < -0.3 is 9.84 Å². The maximum Gasteiger partial charge on any atom is 0.338 e. The molecule has 0 atom stereocenters. The van der Waals surface area contributed by atoms with Gasteiger partial charge in [0.25, 0.3) is 0 Å². The third-order valence-corrected chi connectivity index (χ3v) is 3.20. The summed E-state index contributed by atoms with van der Waals surface area (Å²) < 4.78 is 19.1. The number of ether oxygens (including phenoxy) is 1. The minimum Gasteiger partial charge on any atom is -0.489 e. The monoisotopic (exact) mass is 274 g/mol. The van der Waals surface area contributed by atoms with Crippen molar-refractivity contribution in [3.8, 4) is 5.75 Å². The third kappa shape index (κ3) is 2.96. The van der Waals surface area contributed by atoms with Crippen LogP contribution in [0.25, 0.3) is 0 Å². The Morgan fingerprint density at radius 3 is 2.40 bits per heavy atom. The molecule has 0 aromatic heterocycles. The normalized spacial score (nSPS) is 10.3. The van der Waals surface area contributed by atoms with Crippen LogP contribution < -0.4 is 4.74 Å². The second-order valence-corrected chi connectivity index (χ2v) is 4.61. The van der Waals surface area contributed by atoms with Gasteiger partial charge in [-0.05, 0) is 42.7 Å². The molecular weight excluding hydrogens is 259 g/mol. The summed E-state index contributed by atoms with van der Waals surface area (Å²) in [5.74, 6) is -1.77. The van der Waals surface area contributed by atoms with Crippen molar-refractivity contribution >= 4 is 5.97 Å². The first kappa shape index (κ1) is 14.1. The Kier molecular flexibility index (Phi) is 4.03. The highest BCUT2D eigenvalue weighted by molar-refractivity contribution is 5.88. The van der Waals surface area contributed by atoms with E-state index in [-0.39, 0.29) is 5.56 Å². The van der Waals surface area contributed by atoms with Crippen molar-refractivity contribution in [3.05, 3.63) is 64.5 Å². The lowest BCUT2D eigenvalue weighted by molar-refractivity contribution is 0.0692. The van der Waals surface area contributed by atoms with Crippen LogP contribution in [0, 0.1) is 19.7 Å². The van der Waals surface area contributed by atoms with E-state index < -0.39 is 11.8 Å². The van der Waals surface area contributed by atoms with Crippen LogP contribution in [-0.4, -0.2) is 11.1 Å². The number of benzene rings is 2. The van der Waals surface area contributed by atoms with E-state index in [1.54, 1.807) is 0 Å². The summed E-state index contributed by atoms with van der Waals surface area (Å²) in [5.41, 5.74) is 2.90. The van der Waals surface area contributed by atoms with E-state index >= 15 is 0 Å². The Labute approximate surface area is 116 Å². The van der Waals surface area contributed by atoms with Gasteiger partial charge in [0.15, 0.2) is 0 Å². The first-order chi connectivity index (χ1) is 9.49. The average molecular weight is 274 g/mol. The van der Waals surface area contributed by atoms with Gasteiger partial charge in [0, 0.05) is 6.07 Å². The van der Waals surface area contributed by atoms with Crippen LogP contribution in [0.4, 0.5) is 4.39 Å².